The third-order valence-corrected chi connectivity index (χ3v) is 3.23. The smallest absolute Gasteiger partial charge is 0.258 e. The molecule has 4 nitrogen and oxygen atoms in total. The Labute approximate surface area is 128 Å². The molecule has 3 N–H and O–H groups in total. The molecule has 2 aromatic carbocycles. The van der Waals surface area contributed by atoms with Crippen molar-refractivity contribution in [3.63, 3.8) is 0 Å². The molecule has 1 amide bonds. The maximum Gasteiger partial charge on any atom is 0.258 e. The number of halogens is 3. The number of carbonyl (C=O) groups is 1. The van der Waals surface area contributed by atoms with Gasteiger partial charge in [-0.3, -0.25) is 4.79 Å². The molecular weight excluding hydrogens is 346 g/mol. The molecule has 0 aliphatic heterocycles. The third kappa shape index (κ3) is 3.30. The quantitative estimate of drug-likeness (QED) is 0.826. The van der Waals surface area contributed by atoms with Crippen molar-refractivity contribution < 1.29 is 18.3 Å². The molecule has 110 valence electrons. The van der Waals surface area contributed by atoms with Gasteiger partial charge in [-0.15, -0.1) is 0 Å². The van der Waals surface area contributed by atoms with Gasteiger partial charge in [-0.1, -0.05) is 15.9 Å². The first-order valence-corrected chi connectivity index (χ1v) is 6.61. The van der Waals surface area contributed by atoms with Gasteiger partial charge in [0.15, 0.2) is 0 Å². The van der Waals surface area contributed by atoms with Crippen LogP contribution in [-0.2, 0) is 0 Å². The Morgan fingerprint density at radius 1 is 1.24 bits per heavy atom. The lowest BCUT2D eigenvalue weighted by molar-refractivity contribution is 0.102. The van der Waals surface area contributed by atoms with Crippen molar-refractivity contribution in [3.05, 3.63) is 52.0 Å². The number of amides is 1. The zero-order valence-electron chi connectivity index (χ0n) is 10.9. The zero-order valence-corrected chi connectivity index (χ0v) is 12.5. The van der Waals surface area contributed by atoms with Crippen LogP contribution in [0.5, 0.6) is 5.75 Å². The Morgan fingerprint density at radius 2 is 1.95 bits per heavy atom. The van der Waals surface area contributed by atoms with Gasteiger partial charge >= 0.3 is 0 Å². The number of methoxy groups -OCH3 is 1. The fraction of sp³-hybridized carbons (Fsp3) is 0.0714. The maximum atomic E-state index is 13.6. The van der Waals surface area contributed by atoms with E-state index < -0.39 is 17.5 Å². The second-order valence-electron chi connectivity index (χ2n) is 4.15. The molecule has 0 spiro atoms. The summed E-state index contributed by atoms with van der Waals surface area (Å²) >= 11 is 3.26. The highest BCUT2D eigenvalue weighted by Crippen LogP contribution is 2.28. The highest BCUT2D eigenvalue weighted by Gasteiger charge is 2.16. The van der Waals surface area contributed by atoms with Gasteiger partial charge in [-0.05, 0) is 24.3 Å². The van der Waals surface area contributed by atoms with Crippen LogP contribution in [0.2, 0.25) is 0 Å². The minimum Gasteiger partial charge on any atom is -0.495 e. The first-order valence-electron chi connectivity index (χ1n) is 5.81. The number of rotatable bonds is 3. The van der Waals surface area contributed by atoms with E-state index in [0.717, 1.165) is 6.07 Å². The topological polar surface area (TPSA) is 64.3 Å². The molecule has 0 fully saturated rings. The number of carbonyl (C=O) groups excluding carboxylic acids is 1. The monoisotopic (exact) mass is 356 g/mol. The molecule has 0 aromatic heterocycles. The summed E-state index contributed by atoms with van der Waals surface area (Å²) in [4.78, 5) is 12.1. The van der Waals surface area contributed by atoms with Crippen molar-refractivity contribution in [2.45, 2.75) is 0 Å². The van der Waals surface area contributed by atoms with Crippen molar-refractivity contribution in [2.75, 3.05) is 18.2 Å². The van der Waals surface area contributed by atoms with E-state index in [1.165, 1.54) is 7.11 Å². The number of hydrogen-bond donors (Lipinski definition) is 2. The molecule has 0 saturated heterocycles. The van der Waals surface area contributed by atoms with Crippen LogP contribution in [0.4, 0.5) is 20.2 Å². The summed E-state index contributed by atoms with van der Waals surface area (Å²) in [6.45, 7) is 0. The molecule has 0 heterocycles. The molecule has 0 bridgehead atoms. The van der Waals surface area contributed by atoms with Crippen molar-refractivity contribution in [3.8, 4) is 5.75 Å². The van der Waals surface area contributed by atoms with E-state index in [1.54, 1.807) is 18.2 Å². The van der Waals surface area contributed by atoms with Crippen molar-refractivity contribution >= 4 is 33.2 Å². The minimum absolute atomic E-state index is 0.303. The van der Waals surface area contributed by atoms with Gasteiger partial charge in [0.1, 0.15) is 17.4 Å². The van der Waals surface area contributed by atoms with Gasteiger partial charge in [0.2, 0.25) is 0 Å². The summed E-state index contributed by atoms with van der Waals surface area (Å²) < 4.78 is 32.5. The molecule has 21 heavy (non-hydrogen) atoms. The Hall–Kier alpha value is -2.15. The Kier molecular flexibility index (Phi) is 4.42. The van der Waals surface area contributed by atoms with E-state index in [0.29, 0.717) is 22.0 Å². The average Bonchev–Trinajstić information content (AvgIpc) is 2.43. The molecular formula is C14H11BrF2N2O2. The lowest BCUT2D eigenvalue weighted by Crippen LogP contribution is -2.15. The summed E-state index contributed by atoms with van der Waals surface area (Å²) in [6.07, 6.45) is 0. The Morgan fingerprint density at radius 3 is 2.62 bits per heavy atom. The fourth-order valence-corrected chi connectivity index (χ4v) is 2.07. The number of nitrogens with two attached hydrogens (primary N) is 1. The SMILES string of the molecule is COc1ccc(Br)cc1NC(=O)c1cc(N)c(F)cc1F. The number of nitrogens with one attached hydrogen (secondary N) is 1. The summed E-state index contributed by atoms with van der Waals surface area (Å²) in [5.41, 5.74) is 5.04. The van der Waals surface area contributed by atoms with Crippen molar-refractivity contribution in [1.29, 1.82) is 0 Å². The van der Waals surface area contributed by atoms with Gasteiger partial charge in [0, 0.05) is 10.5 Å². The standard InChI is InChI=1S/C14H11BrF2N2O2/c1-21-13-3-2-7(15)4-12(13)19-14(20)8-5-11(18)10(17)6-9(8)16/h2-6H,18H2,1H3,(H,19,20). The fourth-order valence-electron chi connectivity index (χ4n) is 1.71. The van der Waals surface area contributed by atoms with Crippen LogP contribution >= 0.6 is 15.9 Å². The first kappa shape index (κ1) is 15.2. The second-order valence-corrected chi connectivity index (χ2v) is 5.07. The van der Waals surface area contributed by atoms with Crippen LogP contribution in [0.15, 0.2) is 34.8 Å². The van der Waals surface area contributed by atoms with Crippen molar-refractivity contribution in [1.82, 2.24) is 0 Å². The van der Waals surface area contributed by atoms with E-state index in [4.69, 9.17) is 10.5 Å². The molecule has 0 unspecified atom stereocenters. The van der Waals surface area contributed by atoms with E-state index >= 15 is 0 Å². The van der Waals surface area contributed by atoms with E-state index in [1.807, 2.05) is 0 Å². The molecule has 2 rings (SSSR count). The van der Waals surface area contributed by atoms with Gasteiger partial charge in [-0.25, -0.2) is 8.78 Å². The second kappa shape index (κ2) is 6.09. The molecule has 0 aliphatic carbocycles. The normalized spacial score (nSPS) is 10.3. The van der Waals surface area contributed by atoms with Crippen LogP contribution in [-0.4, -0.2) is 13.0 Å². The Balaban J connectivity index is 2.34. The zero-order chi connectivity index (χ0) is 15.6. The predicted molar refractivity (Wildman–Crippen MR) is 79.4 cm³/mol. The van der Waals surface area contributed by atoms with Gasteiger partial charge < -0.3 is 15.8 Å². The summed E-state index contributed by atoms with van der Waals surface area (Å²) in [5, 5.41) is 2.49. The van der Waals surface area contributed by atoms with E-state index in [2.05, 4.69) is 21.2 Å². The van der Waals surface area contributed by atoms with Gasteiger partial charge in [-0.2, -0.15) is 0 Å². The van der Waals surface area contributed by atoms with Crippen LogP contribution in [0.3, 0.4) is 0 Å². The lowest BCUT2D eigenvalue weighted by atomic mass is 10.1. The number of nitrogen functional groups attached to an aromatic ring is 1. The first-order chi connectivity index (χ1) is 9.92. The van der Waals surface area contributed by atoms with Gasteiger partial charge in [0.05, 0.1) is 24.0 Å². The highest BCUT2D eigenvalue weighted by molar-refractivity contribution is 9.10. The minimum atomic E-state index is -0.992. The van der Waals surface area contributed by atoms with Crippen LogP contribution in [0, 0.1) is 11.6 Å². The number of hydrogen-bond acceptors (Lipinski definition) is 3. The van der Waals surface area contributed by atoms with Crippen LogP contribution < -0.4 is 15.8 Å². The summed E-state index contributed by atoms with van der Waals surface area (Å²) in [5.74, 6) is -2.25. The molecule has 7 heteroatoms. The lowest BCUT2D eigenvalue weighted by Gasteiger charge is -2.11. The maximum absolute atomic E-state index is 13.6. The van der Waals surface area contributed by atoms with E-state index in [9.17, 15) is 13.6 Å². The number of benzene rings is 2. The highest BCUT2D eigenvalue weighted by atomic mass is 79.9. The molecule has 0 saturated carbocycles. The molecule has 0 aliphatic rings. The van der Waals surface area contributed by atoms with E-state index in [-0.39, 0.29) is 11.3 Å². The predicted octanol–water partition coefficient (Wildman–Crippen LogP) is 3.57. The molecule has 0 atom stereocenters. The number of anilines is 2. The van der Waals surface area contributed by atoms with Gasteiger partial charge in [0.25, 0.3) is 5.91 Å². The third-order valence-electron chi connectivity index (χ3n) is 2.74. The van der Waals surface area contributed by atoms with Crippen LogP contribution in [0.1, 0.15) is 10.4 Å². The van der Waals surface area contributed by atoms with Crippen LogP contribution in [0.25, 0.3) is 0 Å². The van der Waals surface area contributed by atoms with Crippen molar-refractivity contribution in [2.24, 2.45) is 0 Å². The summed E-state index contributed by atoms with van der Waals surface area (Å²) in [6, 6.07) is 6.48. The largest absolute Gasteiger partial charge is 0.495 e. The molecule has 0 radical (unpaired) electrons. The number of ether oxygens (including phenoxy) is 1. The Bertz CT molecular complexity index is 708. The molecule has 2 aromatic rings. The summed E-state index contributed by atoms with van der Waals surface area (Å²) in [7, 11) is 1.44. The average molecular weight is 357 g/mol.